The second-order valence-electron chi connectivity index (χ2n) is 3.22. The van der Waals surface area contributed by atoms with Crippen molar-refractivity contribution in [3.05, 3.63) is 16.1 Å². The molecule has 0 saturated carbocycles. The molecule has 1 rings (SSSR count). The number of nitrogens with zero attached hydrogens (tertiary/aromatic N) is 1. The Morgan fingerprint density at radius 3 is 2.89 bits per heavy atom. The molecule has 0 aromatic carbocycles. The molecule has 0 fully saturated rings. The molecule has 1 aromatic rings. The number of thioether (sulfide) groups is 1. The highest BCUT2D eigenvalue weighted by Crippen LogP contribution is 2.08. The summed E-state index contributed by atoms with van der Waals surface area (Å²) in [5.41, 5.74) is 5.80. The summed E-state index contributed by atoms with van der Waals surface area (Å²) in [4.78, 5) is 26.5. The first kappa shape index (κ1) is 18.2. The highest BCUT2D eigenvalue weighted by Gasteiger charge is 2.09. The zero-order valence-electron chi connectivity index (χ0n) is 10.4. The lowest BCUT2D eigenvalue weighted by atomic mass is 10.4. The van der Waals surface area contributed by atoms with Gasteiger partial charge < -0.3 is 15.8 Å². The van der Waals surface area contributed by atoms with Crippen molar-refractivity contribution >= 4 is 47.4 Å². The number of rotatable bonds is 7. The van der Waals surface area contributed by atoms with E-state index in [-0.39, 0.29) is 24.3 Å². The minimum absolute atomic E-state index is 0. The van der Waals surface area contributed by atoms with Gasteiger partial charge in [0.05, 0.1) is 12.9 Å². The zero-order valence-corrected chi connectivity index (χ0v) is 12.8. The van der Waals surface area contributed by atoms with Gasteiger partial charge in [-0.25, -0.2) is 4.98 Å². The molecule has 0 radical (unpaired) electrons. The van der Waals surface area contributed by atoms with E-state index in [4.69, 9.17) is 5.73 Å². The number of nitrogens with two attached hydrogens (primary N) is 1. The Kier molecular flexibility index (Phi) is 9.58. The average Bonchev–Trinajstić information content (AvgIpc) is 2.86. The number of nitrogens with one attached hydrogen (secondary N) is 1. The quantitative estimate of drug-likeness (QED) is 0.565. The van der Waals surface area contributed by atoms with Crippen molar-refractivity contribution in [3.63, 3.8) is 0 Å². The molecule has 0 atom stereocenters. The van der Waals surface area contributed by atoms with Gasteiger partial charge in [0.15, 0.2) is 0 Å². The predicted molar refractivity (Wildman–Crippen MR) is 78.9 cm³/mol. The minimum Gasteiger partial charge on any atom is -0.468 e. The first-order valence-corrected chi connectivity index (χ1v) is 7.28. The molecule has 0 saturated heterocycles. The summed E-state index contributed by atoms with van der Waals surface area (Å²) < 4.78 is 4.49. The second kappa shape index (κ2) is 10.0. The molecule has 1 amide bonds. The molecule has 1 heterocycles. The van der Waals surface area contributed by atoms with Gasteiger partial charge in [-0.05, 0) is 0 Å². The molecular formula is C10H16ClN3O3S2. The lowest BCUT2D eigenvalue weighted by Crippen LogP contribution is -2.26. The van der Waals surface area contributed by atoms with Crippen LogP contribution in [-0.4, -0.2) is 42.0 Å². The monoisotopic (exact) mass is 325 g/mol. The second-order valence-corrected chi connectivity index (χ2v) is 5.26. The van der Waals surface area contributed by atoms with Crippen molar-refractivity contribution < 1.29 is 14.3 Å². The van der Waals surface area contributed by atoms with Gasteiger partial charge in [-0.15, -0.1) is 35.5 Å². The largest absolute Gasteiger partial charge is 0.468 e. The molecule has 6 nitrogen and oxygen atoms in total. The fourth-order valence-electron chi connectivity index (χ4n) is 1.05. The number of methoxy groups -OCH3 is 1. The van der Waals surface area contributed by atoms with E-state index in [1.807, 2.05) is 0 Å². The Hall–Kier alpha value is -0.830. The van der Waals surface area contributed by atoms with E-state index in [2.05, 4.69) is 15.0 Å². The van der Waals surface area contributed by atoms with Crippen molar-refractivity contribution in [2.45, 2.75) is 6.54 Å². The highest BCUT2D eigenvalue weighted by molar-refractivity contribution is 7.99. The zero-order chi connectivity index (χ0) is 13.4. The molecule has 1 aromatic heterocycles. The van der Waals surface area contributed by atoms with Crippen LogP contribution in [0.5, 0.6) is 0 Å². The molecule has 0 spiro atoms. The molecule has 0 aliphatic heterocycles. The van der Waals surface area contributed by atoms with E-state index in [0.29, 0.717) is 30.3 Å². The van der Waals surface area contributed by atoms with Gasteiger partial charge in [-0.3, -0.25) is 9.59 Å². The number of halogens is 1. The number of esters is 1. The summed E-state index contributed by atoms with van der Waals surface area (Å²) in [5.74, 6) is 0.456. The van der Waals surface area contributed by atoms with E-state index < -0.39 is 0 Å². The van der Waals surface area contributed by atoms with Gasteiger partial charge >= 0.3 is 5.97 Å². The first-order valence-electron chi connectivity index (χ1n) is 5.24. The lowest BCUT2D eigenvalue weighted by molar-refractivity contribution is -0.137. The third kappa shape index (κ3) is 6.76. The van der Waals surface area contributed by atoms with Crippen LogP contribution in [0.25, 0.3) is 0 Å². The van der Waals surface area contributed by atoms with Crippen molar-refractivity contribution in [3.8, 4) is 0 Å². The van der Waals surface area contributed by atoms with Gasteiger partial charge in [0.1, 0.15) is 10.7 Å². The van der Waals surface area contributed by atoms with E-state index in [1.165, 1.54) is 30.2 Å². The van der Waals surface area contributed by atoms with Gasteiger partial charge in [0.2, 0.25) is 0 Å². The molecule has 0 bridgehead atoms. The molecule has 108 valence electrons. The van der Waals surface area contributed by atoms with Crippen LogP contribution in [-0.2, 0) is 16.1 Å². The summed E-state index contributed by atoms with van der Waals surface area (Å²) in [7, 11) is 1.35. The van der Waals surface area contributed by atoms with Crippen molar-refractivity contribution in [1.82, 2.24) is 10.3 Å². The van der Waals surface area contributed by atoms with Gasteiger partial charge in [-0.2, -0.15) is 0 Å². The van der Waals surface area contributed by atoms with Crippen molar-refractivity contribution in [2.75, 3.05) is 25.2 Å². The standard InChI is InChI=1S/C10H15N3O3S2.ClH/c1-16-9(14)6-17-3-2-12-10(15)7-5-18-8(4-11)13-7;/h5H,2-4,6,11H2,1H3,(H,12,15);1H. The summed E-state index contributed by atoms with van der Waals surface area (Å²) in [6, 6.07) is 0. The maximum atomic E-state index is 11.6. The maximum Gasteiger partial charge on any atom is 0.315 e. The summed E-state index contributed by atoms with van der Waals surface area (Å²) in [6.45, 7) is 0.822. The summed E-state index contributed by atoms with van der Waals surface area (Å²) >= 11 is 2.77. The lowest BCUT2D eigenvalue weighted by Gasteiger charge is -2.02. The van der Waals surface area contributed by atoms with Crippen LogP contribution in [0.15, 0.2) is 5.38 Å². The maximum absolute atomic E-state index is 11.6. The third-order valence-electron chi connectivity index (χ3n) is 1.94. The van der Waals surface area contributed by atoms with Crippen LogP contribution in [0.3, 0.4) is 0 Å². The highest BCUT2D eigenvalue weighted by atomic mass is 35.5. The molecule has 0 unspecified atom stereocenters. The Morgan fingerprint density at radius 2 is 2.32 bits per heavy atom. The molecular weight excluding hydrogens is 310 g/mol. The van der Waals surface area contributed by atoms with Gasteiger partial charge in [-0.1, -0.05) is 0 Å². The van der Waals surface area contributed by atoms with Crippen LogP contribution >= 0.6 is 35.5 Å². The Balaban J connectivity index is 0.00000324. The van der Waals surface area contributed by atoms with Crippen molar-refractivity contribution in [1.29, 1.82) is 0 Å². The number of thiazole rings is 1. The molecule has 3 N–H and O–H groups in total. The van der Waals surface area contributed by atoms with E-state index in [1.54, 1.807) is 5.38 Å². The number of carbonyl (C=O) groups excluding carboxylic acids is 2. The molecule has 9 heteroatoms. The predicted octanol–water partition coefficient (Wildman–Crippen LogP) is 0.660. The number of hydrogen-bond acceptors (Lipinski definition) is 7. The van der Waals surface area contributed by atoms with Crippen LogP contribution in [0, 0.1) is 0 Å². The Labute approximate surface area is 125 Å². The number of ether oxygens (including phenoxy) is 1. The Morgan fingerprint density at radius 1 is 1.58 bits per heavy atom. The fourth-order valence-corrected chi connectivity index (χ4v) is 2.38. The van der Waals surface area contributed by atoms with Crippen LogP contribution in [0.4, 0.5) is 0 Å². The number of carbonyl (C=O) groups is 2. The topological polar surface area (TPSA) is 94.3 Å². The number of hydrogen-bond donors (Lipinski definition) is 2. The summed E-state index contributed by atoms with van der Waals surface area (Å²) in [5, 5.41) is 5.14. The molecule has 0 aliphatic carbocycles. The third-order valence-corrected chi connectivity index (χ3v) is 3.74. The average molecular weight is 326 g/mol. The van der Waals surface area contributed by atoms with E-state index in [0.717, 1.165) is 5.01 Å². The van der Waals surface area contributed by atoms with Crippen LogP contribution < -0.4 is 11.1 Å². The normalized spacial score (nSPS) is 9.58. The summed E-state index contributed by atoms with van der Waals surface area (Å²) in [6.07, 6.45) is 0. The fraction of sp³-hybridized carbons (Fsp3) is 0.500. The van der Waals surface area contributed by atoms with Crippen LogP contribution in [0.2, 0.25) is 0 Å². The molecule has 0 aliphatic rings. The SMILES string of the molecule is COC(=O)CSCCNC(=O)c1csc(CN)n1.Cl. The van der Waals surface area contributed by atoms with Crippen LogP contribution in [0.1, 0.15) is 15.5 Å². The molecule has 19 heavy (non-hydrogen) atoms. The van der Waals surface area contributed by atoms with E-state index >= 15 is 0 Å². The number of aromatic nitrogens is 1. The Bertz CT molecular complexity index is 414. The minimum atomic E-state index is -0.265. The van der Waals surface area contributed by atoms with Gasteiger partial charge in [0.25, 0.3) is 5.91 Å². The van der Waals surface area contributed by atoms with Gasteiger partial charge in [0, 0.05) is 24.2 Å². The van der Waals surface area contributed by atoms with Crippen molar-refractivity contribution in [2.24, 2.45) is 5.73 Å². The number of amides is 1. The smallest absolute Gasteiger partial charge is 0.315 e. The van der Waals surface area contributed by atoms with E-state index in [9.17, 15) is 9.59 Å². The first-order chi connectivity index (χ1) is 8.67.